The zero-order valence-electron chi connectivity index (χ0n) is 13.0. The molecule has 0 radical (unpaired) electrons. The lowest BCUT2D eigenvalue weighted by Crippen LogP contribution is -2.58. The van der Waals surface area contributed by atoms with Crippen LogP contribution in [0.2, 0.25) is 0 Å². The highest BCUT2D eigenvalue weighted by Crippen LogP contribution is 2.47. The number of rotatable bonds is 2. The van der Waals surface area contributed by atoms with Crippen LogP contribution in [0.1, 0.15) is 25.8 Å². The Labute approximate surface area is 131 Å². The van der Waals surface area contributed by atoms with Crippen molar-refractivity contribution in [3.8, 4) is 0 Å². The predicted molar refractivity (Wildman–Crippen MR) is 87.5 cm³/mol. The van der Waals surface area contributed by atoms with Crippen molar-refractivity contribution in [3.63, 3.8) is 0 Å². The minimum absolute atomic E-state index is 0.0446. The summed E-state index contributed by atoms with van der Waals surface area (Å²) in [6, 6.07) is 19.2. The molecule has 3 heteroatoms. The van der Waals surface area contributed by atoms with Gasteiger partial charge in [0.2, 0.25) is 5.91 Å². The monoisotopic (exact) mass is 295 g/mol. The topological polar surface area (TPSA) is 40.5 Å². The molecule has 3 rings (SSSR count). The standard InChI is InChI=1S/C19H21NO2/c1-18(2)14-20(16-11-7-4-8-12-16)17(21)13-19(18,22)15-9-5-3-6-10-15/h3-12,22H,13-14H2,1-2H3. The summed E-state index contributed by atoms with van der Waals surface area (Å²) >= 11 is 0. The van der Waals surface area contributed by atoms with Crippen LogP contribution >= 0.6 is 0 Å². The Kier molecular flexibility index (Phi) is 3.53. The number of para-hydroxylation sites is 1. The van der Waals surface area contributed by atoms with Crippen LogP contribution in [0.5, 0.6) is 0 Å². The number of hydrogen-bond acceptors (Lipinski definition) is 2. The molecule has 0 aromatic heterocycles. The molecule has 2 aromatic rings. The number of piperidine rings is 1. The van der Waals surface area contributed by atoms with E-state index in [9.17, 15) is 9.90 Å². The third-order valence-electron chi connectivity index (χ3n) is 4.70. The van der Waals surface area contributed by atoms with Crippen LogP contribution in [0.4, 0.5) is 5.69 Å². The van der Waals surface area contributed by atoms with E-state index in [-0.39, 0.29) is 12.3 Å². The number of aliphatic hydroxyl groups is 1. The van der Waals surface area contributed by atoms with E-state index in [0.29, 0.717) is 6.54 Å². The minimum Gasteiger partial charge on any atom is -0.384 e. The lowest BCUT2D eigenvalue weighted by atomic mass is 9.66. The van der Waals surface area contributed by atoms with Gasteiger partial charge < -0.3 is 10.0 Å². The molecule has 1 aliphatic heterocycles. The second kappa shape index (κ2) is 5.25. The van der Waals surface area contributed by atoms with Crippen molar-refractivity contribution in [3.05, 3.63) is 66.2 Å². The van der Waals surface area contributed by atoms with Crippen molar-refractivity contribution < 1.29 is 9.90 Å². The van der Waals surface area contributed by atoms with E-state index in [4.69, 9.17) is 0 Å². The first-order chi connectivity index (χ1) is 10.4. The zero-order valence-corrected chi connectivity index (χ0v) is 13.0. The van der Waals surface area contributed by atoms with Gasteiger partial charge in [-0.15, -0.1) is 0 Å². The van der Waals surface area contributed by atoms with Crippen molar-refractivity contribution in [1.82, 2.24) is 0 Å². The van der Waals surface area contributed by atoms with E-state index in [1.165, 1.54) is 0 Å². The Hall–Kier alpha value is -2.13. The van der Waals surface area contributed by atoms with Gasteiger partial charge in [0.15, 0.2) is 0 Å². The molecule has 1 N–H and O–H groups in total. The maximum atomic E-state index is 12.6. The van der Waals surface area contributed by atoms with Gasteiger partial charge in [0, 0.05) is 17.6 Å². The van der Waals surface area contributed by atoms with Gasteiger partial charge in [-0.05, 0) is 17.7 Å². The molecule has 0 bridgehead atoms. The number of carbonyl (C=O) groups is 1. The van der Waals surface area contributed by atoms with Crippen molar-refractivity contribution in [2.75, 3.05) is 11.4 Å². The van der Waals surface area contributed by atoms with Crippen LogP contribution in [-0.2, 0) is 10.4 Å². The second-order valence-corrected chi connectivity index (χ2v) is 6.60. The fraction of sp³-hybridized carbons (Fsp3) is 0.316. The van der Waals surface area contributed by atoms with E-state index in [2.05, 4.69) is 0 Å². The third-order valence-corrected chi connectivity index (χ3v) is 4.70. The fourth-order valence-electron chi connectivity index (χ4n) is 3.22. The molecule has 1 unspecified atom stereocenters. The summed E-state index contributed by atoms with van der Waals surface area (Å²) in [6.07, 6.45) is 0.0961. The van der Waals surface area contributed by atoms with Gasteiger partial charge in [0.25, 0.3) is 0 Å². The average Bonchev–Trinajstić information content (AvgIpc) is 2.53. The Bertz CT molecular complexity index is 666. The number of nitrogens with zero attached hydrogens (tertiary/aromatic N) is 1. The molecule has 0 aliphatic carbocycles. The molecule has 1 saturated heterocycles. The molecule has 1 aliphatic rings. The maximum absolute atomic E-state index is 12.6. The van der Waals surface area contributed by atoms with Crippen LogP contribution in [0.3, 0.4) is 0 Å². The van der Waals surface area contributed by atoms with Crippen LogP contribution in [0, 0.1) is 5.41 Å². The Morgan fingerprint density at radius 3 is 2.09 bits per heavy atom. The zero-order chi connectivity index (χ0) is 15.8. The van der Waals surface area contributed by atoms with Crippen molar-refractivity contribution in [1.29, 1.82) is 0 Å². The van der Waals surface area contributed by atoms with Crippen LogP contribution in [0.25, 0.3) is 0 Å². The van der Waals surface area contributed by atoms with Gasteiger partial charge in [-0.25, -0.2) is 0 Å². The number of carbonyl (C=O) groups excluding carboxylic acids is 1. The smallest absolute Gasteiger partial charge is 0.230 e. The molecular weight excluding hydrogens is 274 g/mol. The molecule has 2 aromatic carbocycles. The summed E-state index contributed by atoms with van der Waals surface area (Å²) < 4.78 is 0. The third kappa shape index (κ3) is 2.32. The molecule has 1 fully saturated rings. The molecule has 1 atom stereocenters. The first-order valence-corrected chi connectivity index (χ1v) is 7.57. The second-order valence-electron chi connectivity index (χ2n) is 6.60. The fourth-order valence-corrected chi connectivity index (χ4v) is 3.22. The molecule has 1 amide bonds. The summed E-state index contributed by atoms with van der Waals surface area (Å²) in [6.45, 7) is 4.52. The molecular formula is C19H21NO2. The quantitative estimate of drug-likeness (QED) is 0.923. The minimum atomic E-state index is -1.14. The lowest BCUT2D eigenvalue weighted by Gasteiger charge is -2.50. The van der Waals surface area contributed by atoms with Crippen molar-refractivity contribution >= 4 is 11.6 Å². The van der Waals surface area contributed by atoms with E-state index in [0.717, 1.165) is 11.3 Å². The normalized spacial score (nSPS) is 24.3. The Balaban J connectivity index is 1.98. The van der Waals surface area contributed by atoms with Gasteiger partial charge in [0.05, 0.1) is 6.42 Å². The Morgan fingerprint density at radius 1 is 0.955 bits per heavy atom. The van der Waals surface area contributed by atoms with Gasteiger partial charge in [0.1, 0.15) is 5.60 Å². The number of hydrogen-bond donors (Lipinski definition) is 1. The average molecular weight is 295 g/mol. The summed E-state index contributed by atoms with van der Waals surface area (Å²) in [4.78, 5) is 14.4. The van der Waals surface area contributed by atoms with Gasteiger partial charge in [-0.3, -0.25) is 4.79 Å². The first kappa shape index (κ1) is 14.8. The van der Waals surface area contributed by atoms with Crippen LogP contribution in [0.15, 0.2) is 60.7 Å². The molecule has 114 valence electrons. The van der Waals surface area contributed by atoms with Crippen LogP contribution in [-0.4, -0.2) is 17.6 Å². The molecule has 22 heavy (non-hydrogen) atoms. The highest BCUT2D eigenvalue weighted by atomic mass is 16.3. The van der Waals surface area contributed by atoms with Crippen molar-refractivity contribution in [2.45, 2.75) is 25.9 Å². The van der Waals surface area contributed by atoms with Crippen LogP contribution < -0.4 is 4.90 Å². The summed E-state index contributed by atoms with van der Waals surface area (Å²) in [5.74, 6) is -0.0446. The van der Waals surface area contributed by atoms with Gasteiger partial charge >= 0.3 is 0 Å². The Morgan fingerprint density at radius 2 is 1.50 bits per heavy atom. The van der Waals surface area contributed by atoms with Gasteiger partial charge in [-0.2, -0.15) is 0 Å². The number of anilines is 1. The predicted octanol–water partition coefficient (Wildman–Crippen LogP) is 3.34. The number of benzene rings is 2. The van der Waals surface area contributed by atoms with Gasteiger partial charge in [-0.1, -0.05) is 62.4 Å². The van der Waals surface area contributed by atoms with E-state index in [1.807, 2.05) is 74.5 Å². The molecule has 1 heterocycles. The summed E-state index contributed by atoms with van der Waals surface area (Å²) in [5, 5.41) is 11.3. The summed E-state index contributed by atoms with van der Waals surface area (Å²) in [5.41, 5.74) is 0.103. The summed E-state index contributed by atoms with van der Waals surface area (Å²) in [7, 11) is 0. The first-order valence-electron chi connectivity index (χ1n) is 7.57. The highest BCUT2D eigenvalue weighted by Gasteiger charge is 2.52. The largest absolute Gasteiger partial charge is 0.384 e. The van der Waals surface area contributed by atoms with Crippen molar-refractivity contribution in [2.24, 2.45) is 5.41 Å². The lowest BCUT2D eigenvalue weighted by molar-refractivity contribution is -0.141. The van der Waals surface area contributed by atoms with E-state index in [1.54, 1.807) is 4.90 Å². The van der Waals surface area contributed by atoms with E-state index >= 15 is 0 Å². The number of amides is 1. The molecule has 0 saturated carbocycles. The molecule has 3 nitrogen and oxygen atoms in total. The molecule has 0 spiro atoms. The maximum Gasteiger partial charge on any atom is 0.230 e. The SMILES string of the molecule is CC1(C)CN(c2ccccc2)C(=O)CC1(O)c1ccccc1. The van der Waals surface area contributed by atoms with E-state index < -0.39 is 11.0 Å². The highest BCUT2D eigenvalue weighted by molar-refractivity contribution is 5.95.